The number of unbranched alkanes of at least 4 members (excludes halogenated alkanes) is 11. The number of quaternary nitrogens is 1. The van der Waals surface area contributed by atoms with E-state index in [4.69, 9.17) is 13.3 Å². The summed E-state index contributed by atoms with van der Waals surface area (Å²) in [6.07, 6.45) is 17.7. The highest BCUT2D eigenvalue weighted by Gasteiger charge is 2.55. The van der Waals surface area contributed by atoms with Gasteiger partial charge in [-0.25, -0.2) is 0 Å². The van der Waals surface area contributed by atoms with Crippen LogP contribution < -0.4 is 0 Å². The topological polar surface area (TPSA) is 27.7 Å². The molecule has 0 spiro atoms. The lowest BCUT2D eigenvalue weighted by atomic mass is 10.1. The minimum Gasteiger partial charge on any atom is -0.373 e. The second kappa shape index (κ2) is 15.9. The van der Waals surface area contributed by atoms with E-state index in [0.29, 0.717) is 0 Å². The van der Waals surface area contributed by atoms with Crippen LogP contribution in [0.1, 0.15) is 97.3 Å². The second-order valence-electron chi connectivity index (χ2n) is 8.53. The van der Waals surface area contributed by atoms with Crippen molar-refractivity contribution in [2.75, 3.05) is 42.0 Å². The predicted molar refractivity (Wildman–Crippen MR) is 119 cm³/mol. The molecule has 0 fully saturated rings. The van der Waals surface area contributed by atoms with E-state index in [9.17, 15) is 0 Å². The molecule has 4 nitrogen and oxygen atoms in total. The number of rotatable bonds is 19. The van der Waals surface area contributed by atoms with Crippen LogP contribution >= 0.6 is 0 Å². The van der Waals surface area contributed by atoms with Gasteiger partial charge < -0.3 is 17.8 Å². The lowest BCUT2D eigenvalue weighted by molar-refractivity contribution is -0.906. The highest BCUT2D eigenvalue weighted by atomic mass is 28.4. The molecule has 0 aromatic carbocycles. The Bertz CT molecular complexity index is 327. The third kappa shape index (κ3) is 10.4. The van der Waals surface area contributed by atoms with Crippen LogP contribution in [0.5, 0.6) is 0 Å². The van der Waals surface area contributed by atoms with E-state index in [1.165, 1.54) is 77.0 Å². The molecular formula is C22H50NO3Si+. The Morgan fingerprint density at radius 3 is 1.33 bits per heavy atom. The van der Waals surface area contributed by atoms with Crippen LogP contribution in [0, 0.1) is 0 Å². The van der Waals surface area contributed by atoms with Gasteiger partial charge in [-0.3, -0.25) is 0 Å². The maximum atomic E-state index is 5.77. The van der Waals surface area contributed by atoms with Gasteiger partial charge in [-0.05, 0) is 12.8 Å². The zero-order valence-electron chi connectivity index (χ0n) is 19.6. The van der Waals surface area contributed by atoms with Gasteiger partial charge in [-0.15, -0.1) is 0 Å². The monoisotopic (exact) mass is 404 g/mol. The fraction of sp³-hybridized carbons (Fsp3) is 1.00. The maximum Gasteiger partial charge on any atom is 0.561 e. The van der Waals surface area contributed by atoms with Gasteiger partial charge in [0, 0.05) is 27.8 Å². The first-order valence-electron chi connectivity index (χ1n) is 11.4. The van der Waals surface area contributed by atoms with Crippen molar-refractivity contribution in [3.8, 4) is 0 Å². The molecule has 0 bridgehead atoms. The Kier molecular flexibility index (Phi) is 16.0. The van der Waals surface area contributed by atoms with Crippen molar-refractivity contribution < 1.29 is 17.8 Å². The van der Waals surface area contributed by atoms with Crippen molar-refractivity contribution in [2.45, 2.75) is 103 Å². The van der Waals surface area contributed by atoms with Crippen LogP contribution in [0.2, 0.25) is 0 Å². The molecule has 0 N–H and O–H groups in total. The summed E-state index contributed by atoms with van der Waals surface area (Å²) in [6, 6.07) is 0. The molecule has 0 aliphatic carbocycles. The zero-order valence-corrected chi connectivity index (χ0v) is 20.6. The Balaban J connectivity index is 3.97. The molecule has 27 heavy (non-hydrogen) atoms. The van der Waals surface area contributed by atoms with Crippen LogP contribution in [-0.2, 0) is 13.3 Å². The molecule has 0 saturated heterocycles. The van der Waals surface area contributed by atoms with Crippen LogP contribution in [0.3, 0.4) is 0 Å². The molecule has 0 rings (SSSR count). The molecule has 0 aromatic heterocycles. The van der Waals surface area contributed by atoms with E-state index >= 15 is 0 Å². The summed E-state index contributed by atoms with van der Waals surface area (Å²) in [5.74, 6) is 0. The number of nitrogens with zero attached hydrogens (tertiary/aromatic N) is 1. The molecule has 0 radical (unpaired) electrons. The van der Waals surface area contributed by atoms with E-state index in [2.05, 4.69) is 27.9 Å². The maximum absolute atomic E-state index is 5.77. The highest BCUT2D eigenvalue weighted by Crippen LogP contribution is 2.25. The summed E-state index contributed by atoms with van der Waals surface area (Å²) >= 11 is 0. The molecular weight excluding hydrogens is 354 g/mol. The molecule has 0 heterocycles. The summed E-state index contributed by atoms with van der Waals surface area (Å²) in [4.78, 5) is 0. The van der Waals surface area contributed by atoms with Crippen molar-refractivity contribution in [1.29, 1.82) is 0 Å². The third-order valence-electron chi connectivity index (χ3n) is 6.08. The molecule has 5 heteroatoms. The lowest BCUT2D eigenvalue weighted by Crippen LogP contribution is -2.67. The predicted octanol–water partition coefficient (Wildman–Crippen LogP) is 5.96. The van der Waals surface area contributed by atoms with Crippen molar-refractivity contribution in [1.82, 2.24) is 0 Å². The first-order chi connectivity index (χ1) is 12.9. The minimum atomic E-state index is -2.61. The molecule has 0 aliphatic rings. The van der Waals surface area contributed by atoms with Gasteiger partial charge in [-0.2, -0.15) is 0 Å². The molecule has 0 aromatic rings. The zero-order chi connectivity index (χ0) is 20.6. The summed E-state index contributed by atoms with van der Waals surface area (Å²) in [6.45, 7) is 5.65. The summed E-state index contributed by atoms with van der Waals surface area (Å²) in [7, 11) is 7.17. The number of hydrogen-bond acceptors (Lipinski definition) is 3. The van der Waals surface area contributed by atoms with Crippen molar-refractivity contribution in [3.05, 3.63) is 0 Å². The summed E-state index contributed by atoms with van der Waals surface area (Å²) in [5.41, 5.74) is 0.283. The number of hydrogen-bond donors (Lipinski definition) is 0. The van der Waals surface area contributed by atoms with Crippen molar-refractivity contribution in [3.63, 3.8) is 0 Å². The third-order valence-corrected chi connectivity index (χ3v) is 9.71. The van der Waals surface area contributed by atoms with Gasteiger partial charge in [-0.1, -0.05) is 78.1 Å². The minimum absolute atomic E-state index is 0.283. The molecule has 0 aliphatic heterocycles. The largest absolute Gasteiger partial charge is 0.561 e. The first kappa shape index (κ1) is 27.1. The Morgan fingerprint density at radius 2 is 1.00 bits per heavy atom. The smallest absolute Gasteiger partial charge is 0.373 e. The Morgan fingerprint density at radius 1 is 0.630 bits per heavy atom. The summed E-state index contributed by atoms with van der Waals surface area (Å²) in [5, 5.41) is 0. The molecule has 164 valence electrons. The molecule has 1 atom stereocenters. The molecule has 1 unspecified atom stereocenters. The van der Waals surface area contributed by atoms with Crippen LogP contribution in [0.4, 0.5) is 0 Å². The average Bonchev–Trinajstić information content (AvgIpc) is 2.66. The average molecular weight is 405 g/mol. The quantitative estimate of drug-likeness (QED) is 0.151. The van der Waals surface area contributed by atoms with E-state index in [0.717, 1.165) is 17.4 Å². The van der Waals surface area contributed by atoms with Gasteiger partial charge in [0.05, 0.1) is 20.6 Å². The Labute approximate surface area is 171 Å². The van der Waals surface area contributed by atoms with Gasteiger partial charge >= 0.3 is 8.80 Å². The standard InChI is InChI=1S/C22H50NO3Si/c1-8-10-11-12-13-14-15-16-17-18-19-20-21-23(3,4)22(9-2)27(24-5,25-6)26-7/h22H,8-21H2,1-7H3/q+1. The van der Waals surface area contributed by atoms with Gasteiger partial charge in [0.15, 0.2) is 5.67 Å². The van der Waals surface area contributed by atoms with E-state index < -0.39 is 8.80 Å². The highest BCUT2D eigenvalue weighted by molar-refractivity contribution is 6.62. The fourth-order valence-corrected chi connectivity index (χ4v) is 7.15. The van der Waals surface area contributed by atoms with Gasteiger partial charge in [0.2, 0.25) is 0 Å². The Hall–Kier alpha value is 0.0569. The van der Waals surface area contributed by atoms with Crippen LogP contribution in [0.25, 0.3) is 0 Å². The van der Waals surface area contributed by atoms with E-state index in [1.807, 2.05) is 0 Å². The summed E-state index contributed by atoms with van der Waals surface area (Å²) < 4.78 is 18.2. The SMILES string of the molecule is CCCCCCCCCCCCCC[N+](C)(C)C(CC)[Si](OC)(OC)OC. The fourth-order valence-electron chi connectivity index (χ4n) is 4.35. The van der Waals surface area contributed by atoms with Gasteiger partial charge in [0.25, 0.3) is 0 Å². The van der Waals surface area contributed by atoms with Crippen LogP contribution in [0.15, 0.2) is 0 Å². The van der Waals surface area contributed by atoms with Crippen LogP contribution in [-0.4, -0.2) is 60.9 Å². The van der Waals surface area contributed by atoms with Crippen molar-refractivity contribution >= 4 is 8.80 Å². The van der Waals surface area contributed by atoms with E-state index in [1.54, 1.807) is 21.3 Å². The normalized spacial score (nSPS) is 13.9. The first-order valence-corrected chi connectivity index (χ1v) is 13.2. The molecule has 0 saturated carbocycles. The lowest BCUT2D eigenvalue weighted by Gasteiger charge is -2.43. The second-order valence-corrected chi connectivity index (χ2v) is 11.6. The molecule has 0 amide bonds. The van der Waals surface area contributed by atoms with E-state index in [-0.39, 0.29) is 5.67 Å². The van der Waals surface area contributed by atoms with Crippen molar-refractivity contribution in [2.24, 2.45) is 0 Å². The van der Waals surface area contributed by atoms with Gasteiger partial charge in [0.1, 0.15) is 0 Å².